The monoisotopic (exact) mass is 1030 g/mol. The van der Waals surface area contributed by atoms with Crippen molar-refractivity contribution >= 4 is 197 Å². The number of ether oxygens (including phenoxy) is 1. The van der Waals surface area contributed by atoms with Crippen LogP contribution in [0.5, 0.6) is 11.5 Å². The summed E-state index contributed by atoms with van der Waals surface area (Å²) in [6.45, 7) is -0.0991. The zero-order chi connectivity index (χ0) is 48.8. The van der Waals surface area contributed by atoms with Crippen LogP contribution in [0.15, 0.2) is 185 Å². The summed E-state index contributed by atoms with van der Waals surface area (Å²) in [5.74, 6) is 1.84. The molecule has 0 amide bonds. The first kappa shape index (κ1) is 44.2. The number of nitrogens with zero attached hydrogens (tertiary/aromatic N) is 4. The second-order valence-corrected chi connectivity index (χ2v) is 23.2. The lowest BCUT2D eigenvalue weighted by molar-refractivity contribution is 0.486. The van der Waals surface area contributed by atoms with Gasteiger partial charge in [0.25, 0.3) is 20.1 Å². The van der Waals surface area contributed by atoms with Crippen LogP contribution in [0, 0.1) is 0 Å². The maximum Gasteiger partial charge on any atom is 0.256 e. The quantitative estimate of drug-likeness (QED) is 0.0942. The predicted octanol–water partition coefficient (Wildman–Crippen LogP) is 10.6. The molecule has 0 atom stereocenters. The highest BCUT2D eigenvalue weighted by Crippen LogP contribution is 2.49. The minimum atomic E-state index is -0.0971. The van der Waals surface area contributed by atoms with E-state index in [1.165, 1.54) is 109 Å². The molecule has 0 bridgehead atoms. The molecule has 6 aliphatic rings. The number of benzene rings is 9. The number of para-hydroxylation sites is 4. The Labute approximate surface area is 449 Å². The number of fused-ring (bicyclic) bond motifs is 12. The molecule has 6 heterocycles. The van der Waals surface area contributed by atoms with Gasteiger partial charge in [0.05, 0.1) is 17.1 Å². The van der Waals surface area contributed by atoms with Gasteiger partial charge in [-0.3, -0.25) is 8.61 Å². The van der Waals surface area contributed by atoms with Crippen LogP contribution in [0.4, 0.5) is 68.2 Å². The van der Waals surface area contributed by atoms with Gasteiger partial charge in [0.2, 0.25) is 0 Å². The number of thioether (sulfide) groups is 3. The van der Waals surface area contributed by atoms with Crippen molar-refractivity contribution in [1.82, 2.24) is 0 Å². The van der Waals surface area contributed by atoms with Crippen LogP contribution in [0.1, 0.15) is 0 Å². The van der Waals surface area contributed by atoms with Crippen LogP contribution in [-0.4, -0.2) is 51.4 Å². The second kappa shape index (κ2) is 16.9. The molecular formula is C59H44B3N5OS5. The molecule has 15 rings (SSSR count). The summed E-state index contributed by atoms with van der Waals surface area (Å²) in [6, 6.07) is 64.1. The maximum atomic E-state index is 7.35. The van der Waals surface area contributed by atoms with Gasteiger partial charge in [0.1, 0.15) is 11.5 Å². The average Bonchev–Trinajstić information content (AvgIpc) is 3.44. The van der Waals surface area contributed by atoms with Crippen molar-refractivity contribution in [2.24, 2.45) is 0 Å². The highest BCUT2D eigenvalue weighted by atomic mass is 32.2. The van der Waals surface area contributed by atoms with Gasteiger partial charge >= 0.3 is 0 Å². The molecule has 9 aromatic rings. The largest absolute Gasteiger partial charge is 0.458 e. The summed E-state index contributed by atoms with van der Waals surface area (Å²) < 4.78 is 12.3. The molecule has 0 radical (unpaired) electrons. The molecule has 9 aromatic carbocycles. The van der Waals surface area contributed by atoms with E-state index in [0.29, 0.717) is 0 Å². The third-order valence-electron chi connectivity index (χ3n) is 15.7. The van der Waals surface area contributed by atoms with E-state index >= 15 is 0 Å². The van der Waals surface area contributed by atoms with E-state index in [4.69, 9.17) is 4.74 Å². The standard InChI is InChI=1S/C59H44B3N5OS5/c1-69-36-24-46-57-51(25-36)64(34-16-8-6-9-17-34)47-22-14-12-20-39(47)60(57)41-30-42-49(32-45(41)63-46)66(72-4)54-28-38(71-3)29-56-59(54)62(42)44-31-43-50(33-55(44)68-56)67(73-5)53-27-37(70-2)26-52-58(53)61(43)40-21-13-15-23-48(40)65(52)35-18-10-7-11-19-35/h6-33,63H,1-5H3. The zero-order valence-electron chi connectivity index (χ0n) is 40.6. The Kier molecular flexibility index (Phi) is 10.2. The minimum Gasteiger partial charge on any atom is -0.458 e. The molecule has 0 saturated heterocycles. The third kappa shape index (κ3) is 6.31. The van der Waals surface area contributed by atoms with Gasteiger partial charge in [0.15, 0.2) is 0 Å². The molecule has 6 nitrogen and oxygen atoms in total. The lowest BCUT2D eigenvalue weighted by Gasteiger charge is -2.45. The average molecular weight is 1030 g/mol. The summed E-state index contributed by atoms with van der Waals surface area (Å²) >= 11 is 8.90. The Morgan fingerprint density at radius 1 is 0.356 bits per heavy atom. The summed E-state index contributed by atoms with van der Waals surface area (Å²) in [5.41, 5.74) is 25.9. The molecule has 0 saturated carbocycles. The van der Waals surface area contributed by atoms with Gasteiger partial charge in [-0.15, -0.1) is 35.3 Å². The van der Waals surface area contributed by atoms with Crippen molar-refractivity contribution in [3.63, 3.8) is 0 Å². The van der Waals surface area contributed by atoms with E-state index in [1.807, 2.05) is 0 Å². The molecule has 0 spiro atoms. The molecule has 73 heavy (non-hydrogen) atoms. The Hall–Kier alpha value is -6.28. The number of hydrogen-bond donors (Lipinski definition) is 1. The fourth-order valence-electron chi connectivity index (χ4n) is 12.8. The van der Waals surface area contributed by atoms with Crippen LogP contribution in [0.2, 0.25) is 0 Å². The molecule has 14 heteroatoms. The molecule has 1 N–H and O–H groups in total. The third-order valence-corrected chi connectivity index (χ3v) is 19.4. The van der Waals surface area contributed by atoms with Crippen molar-refractivity contribution in [2.45, 2.75) is 14.7 Å². The van der Waals surface area contributed by atoms with Crippen molar-refractivity contribution in [3.8, 4) is 11.5 Å². The minimum absolute atomic E-state index is 0.00598. The first-order valence-electron chi connectivity index (χ1n) is 24.5. The summed E-state index contributed by atoms with van der Waals surface area (Å²) in [6.07, 6.45) is 11.0. The van der Waals surface area contributed by atoms with Crippen LogP contribution in [0.25, 0.3) is 0 Å². The van der Waals surface area contributed by atoms with E-state index in [2.05, 4.69) is 225 Å². The van der Waals surface area contributed by atoms with Gasteiger partial charge < -0.3 is 19.9 Å². The lowest BCUT2D eigenvalue weighted by atomic mass is 9.29. The Balaban J connectivity index is 0.980. The van der Waals surface area contributed by atoms with Gasteiger partial charge in [-0.05, 0) is 171 Å². The summed E-state index contributed by atoms with van der Waals surface area (Å²) in [7, 11) is 0. The van der Waals surface area contributed by atoms with Crippen LogP contribution < -0.4 is 77.6 Å². The van der Waals surface area contributed by atoms with Gasteiger partial charge in [-0.2, -0.15) is 0 Å². The van der Waals surface area contributed by atoms with Crippen molar-refractivity contribution < 1.29 is 4.74 Å². The van der Waals surface area contributed by atoms with E-state index in [0.717, 1.165) is 34.2 Å². The fraction of sp³-hybridized carbons (Fsp3) is 0.0847. The van der Waals surface area contributed by atoms with Crippen LogP contribution >= 0.6 is 59.2 Å². The molecule has 6 aliphatic heterocycles. The van der Waals surface area contributed by atoms with Crippen molar-refractivity contribution in [2.75, 3.05) is 55.0 Å². The molecule has 0 aromatic heterocycles. The van der Waals surface area contributed by atoms with E-state index in [9.17, 15) is 0 Å². The molecule has 0 unspecified atom stereocenters. The topological polar surface area (TPSA) is 34.2 Å². The Morgan fingerprint density at radius 2 is 0.836 bits per heavy atom. The number of nitrogens with one attached hydrogen (secondary N) is 1. The molecule has 0 fully saturated rings. The van der Waals surface area contributed by atoms with E-state index in [-0.39, 0.29) is 20.1 Å². The maximum absolute atomic E-state index is 7.35. The predicted molar refractivity (Wildman–Crippen MR) is 326 cm³/mol. The van der Waals surface area contributed by atoms with Crippen molar-refractivity contribution in [3.05, 3.63) is 170 Å². The van der Waals surface area contributed by atoms with E-state index < -0.39 is 0 Å². The van der Waals surface area contributed by atoms with Crippen molar-refractivity contribution in [1.29, 1.82) is 0 Å². The van der Waals surface area contributed by atoms with Gasteiger partial charge in [-0.25, -0.2) is 0 Å². The Bertz CT molecular complexity index is 3830. The molecule has 350 valence electrons. The number of hydrogen-bond acceptors (Lipinski definition) is 11. The SMILES string of the molecule is CSc1cc2c3c(c1)N(SC)c1cc4c(cc1B3c1cc3c(cc1O2)N(SC)c1cc(SC)cc2c1B3c1ccccc1N2c1ccccc1)B1c2ccccc2N(c2ccccc2)c2cc(SC)cc(c21)N4. The Morgan fingerprint density at radius 3 is 1.44 bits per heavy atom. The summed E-state index contributed by atoms with van der Waals surface area (Å²) in [5, 5.41) is 4.08. The van der Waals surface area contributed by atoms with E-state index in [1.54, 1.807) is 59.2 Å². The zero-order valence-corrected chi connectivity index (χ0v) is 44.7. The molecule has 0 aliphatic carbocycles. The smallest absolute Gasteiger partial charge is 0.256 e. The fourth-order valence-corrected chi connectivity index (χ4v) is 15.6. The number of anilines is 12. The lowest BCUT2D eigenvalue weighted by Crippen LogP contribution is -2.65. The first-order valence-corrected chi connectivity index (χ1v) is 30.5. The van der Waals surface area contributed by atoms with Crippen LogP contribution in [-0.2, 0) is 0 Å². The highest BCUT2D eigenvalue weighted by Gasteiger charge is 2.49. The summed E-state index contributed by atoms with van der Waals surface area (Å²) in [4.78, 5) is 8.60. The van der Waals surface area contributed by atoms with Gasteiger partial charge in [-0.1, -0.05) is 84.9 Å². The number of rotatable bonds is 7. The second-order valence-electron chi connectivity index (χ2n) is 19.1. The van der Waals surface area contributed by atoms with Gasteiger partial charge in [0, 0.05) is 84.5 Å². The highest BCUT2D eigenvalue weighted by molar-refractivity contribution is 8.00. The normalized spacial score (nSPS) is 14.4. The first-order chi connectivity index (χ1) is 36.0. The molecular weight excluding hydrogens is 987 g/mol. The van der Waals surface area contributed by atoms with Crippen LogP contribution in [0.3, 0.4) is 0 Å².